The number of hydrogen-bond donors (Lipinski definition) is 1. The van der Waals surface area contributed by atoms with Gasteiger partial charge in [0.2, 0.25) is 0 Å². The maximum atomic E-state index is 5.95. The number of pyridine rings is 1. The molecule has 0 aliphatic heterocycles. The molecule has 4 nitrogen and oxygen atoms in total. The van der Waals surface area contributed by atoms with Crippen molar-refractivity contribution in [2.75, 3.05) is 6.61 Å². The molecule has 0 aliphatic rings. The van der Waals surface area contributed by atoms with Crippen LogP contribution in [0.5, 0.6) is 5.75 Å². The quantitative estimate of drug-likeness (QED) is 0.784. The van der Waals surface area contributed by atoms with E-state index in [0.717, 1.165) is 35.9 Å². The summed E-state index contributed by atoms with van der Waals surface area (Å²) < 4.78 is 5.95. The third kappa shape index (κ3) is 4.59. The third-order valence-corrected chi connectivity index (χ3v) is 3.73. The summed E-state index contributed by atoms with van der Waals surface area (Å²) >= 11 is 0. The van der Waals surface area contributed by atoms with Gasteiger partial charge in [-0.1, -0.05) is 33.1 Å². The van der Waals surface area contributed by atoms with E-state index in [1.54, 1.807) is 6.20 Å². The average Bonchev–Trinajstić information content (AvgIpc) is 2.94. The lowest BCUT2D eigenvalue weighted by atomic mass is 10.0. The smallest absolute Gasteiger partial charge is 0.123 e. The van der Waals surface area contributed by atoms with Gasteiger partial charge in [-0.05, 0) is 31.4 Å². The number of ether oxygens (including phenoxy) is 1. The van der Waals surface area contributed by atoms with Crippen LogP contribution in [0.25, 0.3) is 11.4 Å². The summed E-state index contributed by atoms with van der Waals surface area (Å²) in [7, 11) is 0. The fourth-order valence-corrected chi connectivity index (χ4v) is 2.30. The van der Waals surface area contributed by atoms with Crippen LogP contribution in [-0.2, 0) is 0 Å². The summed E-state index contributed by atoms with van der Waals surface area (Å²) in [4.78, 5) is 4.36. The summed E-state index contributed by atoms with van der Waals surface area (Å²) in [5, 5.41) is 7.17. The van der Waals surface area contributed by atoms with Crippen LogP contribution in [0, 0.1) is 12.8 Å². The first-order chi connectivity index (χ1) is 10.2. The van der Waals surface area contributed by atoms with Crippen LogP contribution in [0.1, 0.15) is 45.2 Å². The highest BCUT2D eigenvalue weighted by Crippen LogP contribution is 2.21. The fraction of sp³-hybridized carbons (Fsp3) is 0.529. The highest BCUT2D eigenvalue weighted by molar-refractivity contribution is 5.56. The Kier molecular flexibility index (Phi) is 5.78. The number of aromatic amines is 1. The van der Waals surface area contributed by atoms with Crippen LogP contribution in [0.3, 0.4) is 0 Å². The molecule has 0 radical (unpaired) electrons. The molecule has 2 aromatic heterocycles. The van der Waals surface area contributed by atoms with Gasteiger partial charge in [0.1, 0.15) is 11.4 Å². The van der Waals surface area contributed by atoms with E-state index in [-0.39, 0.29) is 0 Å². The molecular formula is C17H25N3O. The van der Waals surface area contributed by atoms with Crippen LogP contribution >= 0.6 is 0 Å². The van der Waals surface area contributed by atoms with Crippen LogP contribution in [0.15, 0.2) is 24.4 Å². The molecule has 0 saturated heterocycles. The standard InChI is InChI=1S/C17H25N3O/c1-4-6-7-14(5-2)12-21-15-8-9-18-16(11-15)17-10-13(3)19-20-17/h8-11,14H,4-7,12H2,1-3H3,(H,19,20). The van der Waals surface area contributed by atoms with Crippen LogP contribution in [0.4, 0.5) is 0 Å². The van der Waals surface area contributed by atoms with E-state index < -0.39 is 0 Å². The number of aromatic nitrogens is 3. The van der Waals surface area contributed by atoms with Gasteiger partial charge in [0.15, 0.2) is 0 Å². The SMILES string of the molecule is CCCCC(CC)COc1ccnc(-c2cc(C)[nH]n2)c1. The van der Waals surface area contributed by atoms with Crippen LogP contribution in [0.2, 0.25) is 0 Å². The van der Waals surface area contributed by atoms with Crippen molar-refractivity contribution in [3.8, 4) is 17.1 Å². The maximum Gasteiger partial charge on any atom is 0.123 e. The molecule has 1 unspecified atom stereocenters. The zero-order valence-corrected chi connectivity index (χ0v) is 13.2. The molecule has 2 aromatic rings. The van der Waals surface area contributed by atoms with Crippen molar-refractivity contribution in [3.63, 3.8) is 0 Å². The van der Waals surface area contributed by atoms with Gasteiger partial charge in [-0.2, -0.15) is 5.10 Å². The van der Waals surface area contributed by atoms with E-state index in [1.807, 2.05) is 25.1 Å². The Morgan fingerprint density at radius 2 is 2.10 bits per heavy atom. The molecule has 1 atom stereocenters. The van der Waals surface area contributed by atoms with Crippen molar-refractivity contribution in [1.82, 2.24) is 15.2 Å². The largest absolute Gasteiger partial charge is 0.493 e. The molecule has 0 aliphatic carbocycles. The Bertz CT molecular complexity index is 550. The molecule has 0 saturated carbocycles. The Morgan fingerprint density at radius 3 is 2.76 bits per heavy atom. The molecule has 1 N–H and O–H groups in total. The molecule has 2 heterocycles. The van der Waals surface area contributed by atoms with Gasteiger partial charge < -0.3 is 4.74 Å². The number of aryl methyl sites for hydroxylation is 1. The Balaban J connectivity index is 1.97. The monoisotopic (exact) mass is 287 g/mol. The number of hydrogen-bond acceptors (Lipinski definition) is 3. The average molecular weight is 287 g/mol. The first-order valence-corrected chi connectivity index (χ1v) is 7.84. The minimum absolute atomic E-state index is 0.634. The normalized spacial score (nSPS) is 12.3. The summed E-state index contributed by atoms with van der Waals surface area (Å²) in [5.74, 6) is 1.50. The second kappa shape index (κ2) is 7.81. The first-order valence-electron chi connectivity index (χ1n) is 7.84. The van der Waals surface area contributed by atoms with E-state index in [4.69, 9.17) is 4.74 Å². The molecule has 0 amide bonds. The van der Waals surface area contributed by atoms with Crippen molar-refractivity contribution in [1.29, 1.82) is 0 Å². The van der Waals surface area contributed by atoms with E-state index in [2.05, 4.69) is 29.0 Å². The lowest BCUT2D eigenvalue weighted by Gasteiger charge is -2.15. The molecule has 114 valence electrons. The van der Waals surface area contributed by atoms with E-state index in [0.29, 0.717) is 5.92 Å². The summed E-state index contributed by atoms with van der Waals surface area (Å²) in [6.07, 6.45) is 6.70. The van der Waals surface area contributed by atoms with Gasteiger partial charge in [0.05, 0.1) is 12.3 Å². The Morgan fingerprint density at radius 1 is 1.24 bits per heavy atom. The summed E-state index contributed by atoms with van der Waals surface area (Å²) in [6.45, 7) is 7.22. The first kappa shape index (κ1) is 15.5. The lowest BCUT2D eigenvalue weighted by Crippen LogP contribution is -2.11. The van der Waals surface area contributed by atoms with Gasteiger partial charge in [0.25, 0.3) is 0 Å². The molecular weight excluding hydrogens is 262 g/mol. The molecule has 21 heavy (non-hydrogen) atoms. The summed E-state index contributed by atoms with van der Waals surface area (Å²) in [6, 6.07) is 5.86. The van der Waals surface area contributed by atoms with Crippen molar-refractivity contribution in [2.45, 2.75) is 46.5 Å². The molecule has 0 bridgehead atoms. The molecule has 2 rings (SSSR count). The van der Waals surface area contributed by atoms with Crippen molar-refractivity contribution in [2.24, 2.45) is 5.92 Å². The molecule has 4 heteroatoms. The van der Waals surface area contributed by atoms with E-state index in [1.165, 1.54) is 19.3 Å². The number of unbranched alkanes of at least 4 members (excludes halogenated alkanes) is 1. The zero-order chi connectivity index (χ0) is 15.1. The summed E-state index contributed by atoms with van der Waals surface area (Å²) in [5.41, 5.74) is 2.73. The second-order valence-electron chi connectivity index (χ2n) is 5.54. The number of nitrogens with one attached hydrogen (secondary N) is 1. The fourth-order valence-electron chi connectivity index (χ4n) is 2.30. The molecule has 0 aromatic carbocycles. The van der Waals surface area contributed by atoms with Gasteiger partial charge >= 0.3 is 0 Å². The maximum absolute atomic E-state index is 5.95. The molecule has 0 spiro atoms. The van der Waals surface area contributed by atoms with Crippen molar-refractivity contribution in [3.05, 3.63) is 30.1 Å². The Labute approximate surface area is 127 Å². The van der Waals surface area contributed by atoms with E-state index in [9.17, 15) is 0 Å². The number of nitrogens with zero attached hydrogens (tertiary/aromatic N) is 2. The molecule has 0 fully saturated rings. The highest BCUT2D eigenvalue weighted by Gasteiger charge is 2.09. The Hall–Kier alpha value is -1.84. The van der Waals surface area contributed by atoms with Crippen molar-refractivity contribution >= 4 is 0 Å². The predicted octanol–water partition coefficient (Wildman–Crippen LogP) is 4.38. The van der Waals surface area contributed by atoms with E-state index >= 15 is 0 Å². The van der Waals surface area contributed by atoms with Gasteiger partial charge in [0, 0.05) is 18.0 Å². The lowest BCUT2D eigenvalue weighted by molar-refractivity contribution is 0.233. The minimum atomic E-state index is 0.634. The van der Waals surface area contributed by atoms with Crippen LogP contribution < -0.4 is 4.74 Å². The van der Waals surface area contributed by atoms with Gasteiger partial charge in [-0.15, -0.1) is 0 Å². The third-order valence-electron chi connectivity index (χ3n) is 3.73. The number of rotatable bonds is 8. The van der Waals surface area contributed by atoms with Gasteiger partial charge in [-0.3, -0.25) is 10.1 Å². The highest BCUT2D eigenvalue weighted by atomic mass is 16.5. The zero-order valence-electron chi connectivity index (χ0n) is 13.2. The van der Waals surface area contributed by atoms with Crippen LogP contribution in [-0.4, -0.2) is 21.8 Å². The number of H-pyrrole nitrogens is 1. The second-order valence-corrected chi connectivity index (χ2v) is 5.54. The van der Waals surface area contributed by atoms with Gasteiger partial charge in [-0.25, -0.2) is 0 Å². The minimum Gasteiger partial charge on any atom is -0.493 e. The topological polar surface area (TPSA) is 50.8 Å². The van der Waals surface area contributed by atoms with Crippen molar-refractivity contribution < 1.29 is 4.74 Å². The predicted molar refractivity (Wildman–Crippen MR) is 85.4 cm³/mol.